The van der Waals surface area contributed by atoms with Crippen molar-refractivity contribution in [3.63, 3.8) is 0 Å². The molecule has 0 bridgehead atoms. The number of anilines is 1. The van der Waals surface area contributed by atoms with Crippen LogP contribution in [-0.2, 0) is 4.74 Å². The van der Waals surface area contributed by atoms with Crippen LogP contribution in [0.4, 0.5) is 10.5 Å². The molecule has 4 nitrogen and oxygen atoms in total. The summed E-state index contributed by atoms with van der Waals surface area (Å²) in [4.78, 5) is 13.9. The Kier molecular flexibility index (Phi) is 4.82. The van der Waals surface area contributed by atoms with Gasteiger partial charge < -0.3 is 9.64 Å². The van der Waals surface area contributed by atoms with Crippen molar-refractivity contribution in [1.29, 1.82) is 0 Å². The zero-order valence-electron chi connectivity index (χ0n) is 10.9. The molecular formula is C14H17ClN2O2. The summed E-state index contributed by atoms with van der Waals surface area (Å²) < 4.78 is 5.19. The molecule has 1 aliphatic heterocycles. The van der Waals surface area contributed by atoms with Gasteiger partial charge in [0.05, 0.1) is 10.7 Å². The van der Waals surface area contributed by atoms with Crippen molar-refractivity contribution < 1.29 is 9.53 Å². The molecule has 1 N–H and O–H groups in total. The third-order valence-corrected chi connectivity index (χ3v) is 3.25. The second kappa shape index (κ2) is 6.59. The first-order valence-corrected chi connectivity index (χ1v) is 6.57. The van der Waals surface area contributed by atoms with Gasteiger partial charge in [-0.05, 0) is 31.2 Å². The van der Waals surface area contributed by atoms with Crippen LogP contribution in [0.1, 0.15) is 6.42 Å². The molecule has 0 saturated heterocycles. The molecule has 0 radical (unpaired) electrons. The molecule has 1 aromatic rings. The van der Waals surface area contributed by atoms with Crippen molar-refractivity contribution >= 4 is 23.4 Å². The first-order chi connectivity index (χ1) is 9.15. The number of rotatable bonds is 3. The molecule has 0 unspecified atom stereocenters. The molecule has 1 aromatic carbocycles. The Labute approximate surface area is 118 Å². The van der Waals surface area contributed by atoms with Crippen molar-refractivity contribution in [2.45, 2.75) is 6.42 Å². The van der Waals surface area contributed by atoms with E-state index in [9.17, 15) is 4.79 Å². The van der Waals surface area contributed by atoms with Crippen LogP contribution in [0.3, 0.4) is 0 Å². The largest absolute Gasteiger partial charge is 0.445 e. The number of nitrogens with one attached hydrogen (secondary N) is 1. The molecule has 1 amide bonds. The number of halogens is 1. The zero-order valence-corrected chi connectivity index (χ0v) is 11.6. The Balaban J connectivity index is 1.82. The van der Waals surface area contributed by atoms with Crippen molar-refractivity contribution in [2.24, 2.45) is 0 Å². The van der Waals surface area contributed by atoms with Crippen molar-refractivity contribution in [3.05, 3.63) is 40.9 Å². The van der Waals surface area contributed by atoms with E-state index in [1.807, 2.05) is 6.07 Å². The first-order valence-electron chi connectivity index (χ1n) is 6.20. The summed E-state index contributed by atoms with van der Waals surface area (Å²) in [6, 6.07) is 7.06. The number of para-hydroxylation sites is 1. The maximum absolute atomic E-state index is 11.7. The van der Waals surface area contributed by atoms with Gasteiger partial charge in [0.2, 0.25) is 0 Å². The molecule has 0 saturated carbocycles. The average Bonchev–Trinajstić information content (AvgIpc) is 2.39. The number of hydrogen-bond donors (Lipinski definition) is 1. The monoisotopic (exact) mass is 280 g/mol. The number of carbonyl (C=O) groups excluding carboxylic acids is 1. The van der Waals surface area contributed by atoms with Gasteiger partial charge >= 0.3 is 6.09 Å². The number of carbonyl (C=O) groups is 1. The summed E-state index contributed by atoms with van der Waals surface area (Å²) in [6.07, 6.45) is 2.65. The van der Waals surface area contributed by atoms with E-state index in [0.29, 0.717) is 17.3 Å². The molecule has 0 atom stereocenters. The maximum Gasteiger partial charge on any atom is 0.411 e. The number of likely N-dealkylation sites (N-methyl/N-ethyl adjacent to an activating group) is 1. The number of ether oxygens (including phenoxy) is 1. The van der Waals surface area contributed by atoms with Crippen LogP contribution in [-0.4, -0.2) is 37.7 Å². The molecular weight excluding hydrogens is 264 g/mol. The molecule has 19 heavy (non-hydrogen) atoms. The Bertz CT molecular complexity index is 488. The summed E-state index contributed by atoms with van der Waals surface area (Å²) in [5.41, 5.74) is 1.69. The maximum atomic E-state index is 11.7. The second-order valence-electron chi connectivity index (χ2n) is 4.57. The lowest BCUT2D eigenvalue weighted by Crippen LogP contribution is -2.28. The summed E-state index contributed by atoms with van der Waals surface area (Å²) in [7, 11) is 2.05. The van der Waals surface area contributed by atoms with Crippen molar-refractivity contribution in [3.8, 4) is 0 Å². The molecule has 0 aliphatic carbocycles. The summed E-state index contributed by atoms with van der Waals surface area (Å²) in [6.45, 7) is 2.22. The predicted molar refractivity (Wildman–Crippen MR) is 76.6 cm³/mol. The fourth-order valence-corrected chi connectivity index (χ4v) is 2.13. The Morgan fingerprint density at radius 3 is 3.00 bits per heavy atom. The Morgan fingerprint density at radius 2 is 2.26 bits per heavy atom. The lowest BCUT2D eigenvalue weighted by Gasteiger charge is -2.22. The van der Waals surface area contributed by atoms with Crippen molar-refractivity contribution in [2.75, 3.05) is 32.1 Å². The van der Waals surface area contributed by atoms with E-state index in [4.69, 9.17) is 16.3 Å². The van der Waals surface area contributed by atoms with Gasteiger partial charge in [0.1, 0.15) is 6.61 Å². The normalized spacial score (nSPS) is 15.8. The zero-order chi connectivity index (χ0) is 13.7. The van der Waals surface area contributed by atoms with Gasteiger partial charge in [-0.2, -0.15) is 0 Å². The van der Waals surface area contributed by atoms with E-state index in [2.05, 4.69) is 23.3 Å². The van der Waals surface area contributed by atoms with E-state index >= 15 is 0 Å². The number of hydrogen-bond acceptors (Lipinski definition) is 3. The smallest absolute Gasteiger partial charge is 0.411 e. The minimum Gasteiger partial charge on any atom is -0.445 e. The van der Waals surface area contributed by atoms with Gasteiger partial charge in [0.25, 0.3) is 0 Å². The highest BCUT2D eigenvalue weighted by atomic mass is 35.5. The number of benzene rings is 1. The molecule has 5 heteroatoms. The highest BCUT2D eigenvalue weighted by Crippen LogP contribution is 2.20. The van der Waals surface area contributed by atoms with Gasteiger partial charge in [0.15, 0.2) is 0 Å². The van der Waals surface area contributed by atoms with Gasteiger partial charge in [-0.3, -0.25) is 5.32 Å². The molecule has 1 aliphatic rings. The first kappa shape index (κ1) is 13.9. The second-order valence-corrected chi connectivity index (χ2v) is 4.98. The topological polar surface area (TPSA) is 41.6 Å². The van der Waals surface area contributed by atoms with E-state index in [-0.39, 0.29) is 0 Å². The van der Waals surface area contributed by atoms with Crippen LogP contribution in [0.2, 0.25) is 5.02 Å². The van der Waals surface area contributed by atoms with Gasteiger partial charge in [-0.15, -0.1) is 0 Å². The fraction of sp³-hybridized carbons (Fsp3) is 0.357. The Morgan fingerprint density at radius 1 is 1.47 bits per heavy atom. The summed E-state index contributed by atoms with van der Waals surface area (Å²) >= 11 is 5.95. The SMILES string of the molecule is CN1CCC=C(COC(=O)Nc2ccccc2Cl)C1. The lowest BCUT2D eigenvalue weighted by molar-refractivity contribution is 0.168. The van der Waals surface area contributed by atoms with Crippen LogP contribution < -0.4 is 5.32 Å². The van der Waals surface area contributed by atoms with Crippen LogP contribution in [0.15, 0.2) is 35.9 Å². The predicted octanol–water partition coefficient (Wildman–Crippen LogP) is 3.15. The molecule has 1 heterocycles. The van der Waals surface area contributed by atoms with E-state index in [0.717, 1.165) is 25.1 Å². The number of amides is 1. The quantitative estimate of drug-likeness (QED) is 0.865. The molecule has 102 valence electrons. The number of nitrogens with zero attached hydrogens (tertiary/aromatic N) is 1. The van der Waals surface area contributed by atoms with E-state index < -0.39 is 6.09 Å². The highest BCUT2D eigenvalue weighted by molar-refractivity contribution is 6.33. The lowest BCUT2D eigenvalue weighted by atomic mass is 10.1. The molecule has 0 fully saturated rings. The van der Waals surface area contributed by atoms with Crippen LogP contribution >= 0.6 is 11.6 Å². The van der Waals surface area contributed by atoms with Gasteiger partial charge in [-0.25, -0.2) is 4.79 Å². The average molecular weight is 281 g/mol. The van der Waals surface area contributed by atoms with Gasteiger partial charge in [-0.1, -0.05) is 29.8 Å². The highest BCUT2D eigenvalue weighted by Gasteiger charge is 2.11. The van der Waals surface area contributed by atoms with Crippen LogP contribution in [0, 0.1) is 0 Å². The molecule has 0 aromatic heterocycles. The van der Waals surface area contributed by atoms with E-state index in [1.54, 1.807) is 18.2 Å². The third kappa shape index (κ3) is 4.26. The summed E-state index contributed by atoms with van der Waals surface area (Å²) in [5.74, 6) is 0. The third-order valence-electron chi connectivity index (χ3n) is 2.92. The van der Waals surface area contributed by atoms with Crippen LogP contribution in [0.5, 0.6) is 0 Å². The van der Waals surface area contributed by atoms with Crippen LogP contribution in [0.25, 0.3) is 0 Å². The standard InChI is InChI=1S/C14H17ClN2O2/c1-17-8-4-5-11(9-17)10-19-14(18)16-13-7-3-2-6-12(13)15/h2-3,5-7H,4,8-10H2,1H3,(H,16,18). The molecule has 0 spiro atoms. The minimum absolute atomic E-state index is 0.320. The molecule has 2 rings (SSSR count). The summed E-state index contributed by atoms with van der Waals surface area (Å²) in [5, 5.41) is 3.12. The van der Waals surface area contributed by atoms with Gasteiger partial charge in [0, 0.05) is 13.1 Å². The van der Waals surface area contributed by atoms with Crippen molar-refractivity contribution in [1.82, 2.24) is 4.90 Å². The van der Waals surface area contributed by atoms with E-state index in [1.165, 1.54) is 0 Å². The Hall–Kier alpha value is -1.52. The fourth-order valence-electron chi connectivity index (χ4n) is 1.95. The minimum atomic E-state index is -0.484.